The number of nitrogens with one attached hydrogen (secondary N) is 1. The maximum absolute atomic E-state index is 12.0. The van der Waals surface area contributed by atoms with Crippen molar-refractivity contribution in [1.82, 2.24) is 10.2 Å². The van der Waals surface area contributed by atoms with Gasteiger partial charge in [0.2, 0.25) is 0 Å². The first-order valence-corrected chi connectivity index (χ1v) is 8.48. The van der Waals surface area contributed by atoms with E-state index in [0.29, 0.717) is 6.04 Å². The van der Waals surface area contributed by atoms with E-state index in [9.17, 15) is 4.79 Å². The highest BCUT2D eigenvalue weighted by molar-refractivity contribution is 7.16. The van der Waals surface area contributed by atoms with Crippen molar-refractivity contribution < 1.29 is 9.53 Å². The SMILES string of the molecule is CC(C)(C)OC(=O)N1CCC(NCc2ccc(Cl)s2)CC1. The summed E-state index contributed by atoms with van der Waals surface area (Å²) in [5, 5.41) is 3.53. The van der Waals surface area contributed by atoms with Gasteiger partial charge in [0.15, 0.2) is 0 Å². The molecule has 0 aliphatic carbocycles. The van der Waals surface area contributed by atoms with Crippen LogP contribution in [0, 0.1) is 0 Å². The highest BCUT2D eigenvalue weighted by Gasteiger charge is 2.26. The number of ether oxygens (including phenoxy) is 1. The maximum atomic E-state index is 12.0. The van der Waals surface area contributed by atoms with Crippen molar-refractivity contribution in [2.24, 2.45) is 0 Å². The number of thiophene rings is 1. The molecule has 0 atom stereocenters. The van der Waals surface area contributed by atoms with Gasteiger partial charge in [-0.3, -0.25) is 0 Å². The molecular formula is C15H23ClN2O2S. The summed E-state index contributed by atoms with van der Waals surface area (Å²) in [4.78, 5) is 15.0. The Kier molecular flexibility index (Phi) is 5.52. The van der Waals surface area contributed by atoms with E-state index < -0.39 is 5.60 Å². The molecule has 1 aliphatic heterocycles. The van der Waals surface area contributed by atoms with Gasteiger partial charge in [-0.05, 0) is 45.7 Å². The molecule has 2 heterocycles. The third kappa shape index (κ3) is 5.49. The van der Waals surface area contributed by atoms with E-state index in [2.05, 4.69) is 11.4 Å². The topological polar surface area (TPSA) is 41.6 Å². The molecule has 2 rings (SSSR count). The van der Waals surface area contributed by atoms with Gasteiger partial charge in [0, 0.05) is 30.6 Å². The van der Waals surface area contributed by atoms with Crippen molar-refractivity contribution in [1.29, 1.82) is 0 Å². The van der Waals surface area contributed by atoms with Gasteiger partial charge in [-0.15, -0.1) is 11.3 Å². The lowest BCUT2D eigenvalue weighted by Gasteiger charge is -2.33. The number of carbonyl (C=O) groups excluding carboxylic acids is 1. The molecule has 4 nitrogen and oxygen atoms in total. The molecule has 21 heavy (non-hydrogen) atoms. The fraction of sp³-hybridized carbons (Fsp3) is 0.667. The standard InChI is InChI=1S/C15H23ClN2O2S/c1-15(2,3)20-14(19)18-8-6-11(7-9-18)17-10-12-4-5-13(16)21-12/h4-5,11,17H,6-10H2,1-3H3. The zero-order chi connectivity index (χ0) is 15.5. The Bertz CT molecular complexity index is 476. The monoisotopic (exact) mass is 330 g/mol. The lowest BCUT2D eigenvalue weighted by atomic mass is 10.1. The smallest absolute Gasteiger partial charge is 0.410 e. The molecule has 1 fully saturated rings. The normalized spacial score (nSPS) is 17.0. The van der Waals surface area contributed by atoms with E-state index in [0.717, 1.165) is 36.8 Å². The van der Waals surface area contributed by atoms with Gasteiger partial charge in [0.05, 0.1) is 4.34 Å². The number of nitrogens with zero attached hydrogens (tertiary/aromatic N) is 1. The quantitative estimate of drug-likeness (QED) is 0.914. The van der Waals surface area contributed by atoms with E-state index >= 15 is 0 Å². The average Bonchev–Trinajstić information content (AvgIpc) is 2.81. The van der Waals surface area contributed by atoms with E-state index in [1.165, 1.54) is 4.88 Å². The predicted octanol–water partition coefficient (Wildman–Crippen LogP) is 3.89. The van der Waals surface area contributed by atoms with Gasteiger partial charge in [0.1, 0.15) is 5.60 Å². The van der Waals surface area contributed by atoms with Crippen LogP contribution in [0.2, 0.25) is 4.34 Å². The summed E-state index contributed by atoms with van der Waals surface area (Å²) >= 11 is 7.53. The average molecular weight is 331 g/mol. The molecule has 1 aromatic rings. The second kappa shape index (κ2) is 6.99. The molecule has 0 spiro atoms. The molecule has 0 radical (unpaired) electrons. The Morgan fingerprint density at radius 2 is 2.10 bits per heavy atom. The minimum Gasteiger partial charge on any atom is -0.444 e. The molecule has 118 valence electrons. The Balaban J connectivity index is 1.72. The van der Waals surface area contributed by atoms with Crippen LogP contribution >= 0.6 is 22.9 Å². The van der Waals surface area contributed by atoms with E-state index in [-0.39, 0.29) is 6.09 Å². The van der Waals surface area contributed by atoms with Crippen LogP contribution in [-0.4, -0.2) is 35.7 Å². The van der Waals surface area contributed by atoms with Crippen LogP contribution in [-0.2, 0) is 11.3 Å². The minimum atomic E-state index is -0.426. The summed E-state index contributed by atoms with van der Waals surface area (Å²) in [6, 6.07) is 4.43. The highest BCUT2D eigenvalue weighted by atomic mass is 35.5. The number of hydrogen-bond donors (Lipinski definition) is 1. The van der Waals surface area contributed by atoms with Crippen molar-refractivity contribution in [3.8, 4) is 0 Å². The van der Waals surface area contributed by atoms with Crippen LogP contribution in [0.3, 0.4) is 0 Å². The summed E-state index contributed by atoms with van der Waals surface area (Å²) in [5.74, 6) is 0. The molecule has 1 N–H and O–H groups in total. The number of carbonyl (C=O) groups is 1. The van der Waals surface area contributed by atoms with Gasteiger partial charge in [-0.2, -0.15) is 0 Å². The lowest BCUT2D eigenvalue weighted by Crippen LogP contribution is -2.46. The molecule has 1 aliphatic rings. The van der Waals surface area contributed by atoms with Gasteiger partial charge < -0.3 is 15.0 Å². The Hall–Kier alpha value is -0.780. The van der Waals surface area contributed by atoms with E-state index in [4.69, 9.17) is 16.3 Å². The third-order valence-electron chi connectivity index (χ3n) is 3.34. The second-order valence-electron chi connectivity index (χ2n) is 6.33. The maximum Gasteiger partial charge on any atom is 0.410 e. The van der Waals surface area contributed by atoms with Crippen molar-refractivity contribution in [3.63, 3.8) is 0 Å². The number of hydrogen-bond acceptors (Lipinski definition) is 4. The molecule has 1 saturated heterocycles. The summed E-state index contributed by atoms with van der Waals surface area (Å²) in [6.07, 6.45) is 1.71. The number of likely N-dealkylation sites (tertiary alicyclic amines) is 1. The Morgan fingerprint density at radius 3 is 2.62 bits per heavy atom. The highest BCUT2D eigenvalue weighted by Crippen LogP contribution is 2.22. The zero-order valence-corrected chi connectivity index (χ0v) is 14.4. The molecule has 6 heteroatoms. The van der Waals surface area contributed by atoms with Gasteiger partial charge in [-0.1, -0.05) is 11.6 Å². The van der Waals surface area contributed by atoms with Gasteiger partial charge >= 0.3 is 6.09 Å². The minimum absolute atomic E-state index is 0.203. The largest absolute Gasteiger partial charge is 0.444 e. The number of rotatable bonds is 3. The fourth-order valence-electron chi connectivity index (χ4n) is 2.28. The molecular weight excluding hydrogens is 308 g/mol. The van der Waals surface area contributed by atoms with Crippen LogP contribution in [0.1, 0.15) is 38.5 Å². The first-order chi connectivity index (χ1) is 9.83. The summed E-state index contributed by atoms with van der Waals surface area (Å²) in [6.45, 7) is 8.02. The van der Waals surface area contributed by atoms with Crippen LogP contribution in [0.4, 0.5) is 4.79 Å². The van der Waals surface area contributed by atoms with Crippen molar-refractivity contribution in [2.45, 2.75) is 51.8 Å². The van der Waals surface area contributed by atoms with Crippen LogP contribution in [0.25, 0.3) is 0 Å². The number of amides is 1. The lowest BCUT2D eigenvalue weighted by molar-refractivity contribution is 0.0198. The third-order valence-corrected chi connectivity index (χ3v) is 4.57. The van der Waals surface area contributed by atoms with Crippen molar-refractivity contribution in [2.75, 3.05) is 13.1 Å². The molecule has 0 saturated carbocycles. The number of piperidine rings is 1. The second-order valence-corrected chi connectivity index (χ2v) is 8.13. The van der Waals surface area contributed by atoms with Crippen LogP contribution in [0.15, 0.2) is 12.1 Å². The van der Waals surface area contributed by atoms with Gasteiger partial charge in [0.25, 0.3) is 0 Å². The summed E-state index contributed by atoms with van der Waals surface area (Å²) < 4.78 is 6.22. The van der Waals surface area contributed by atoms with Gasteiger partial charge in [-0.25, -0.2) is 4.79 Å². The first-order valence-electron chi connectivity index (χ1n) is 7.29. The van der Waals surface area contributed by atoms with Crippen LogP contribution in [0.5, 0.6) is 0 Å². The van der Waals surface area contributed by atoms with Crippen molar-refractivity contribution in [3.05, 3.63) is 21.3 Å². The van der Waals surface area contributed by atoms with E-state index in [1.54, 1.807) is 16.2 Å². The molecule has 0 unspecified atom stereocenters. The summed E-state index contributed by atoms with van der Waals surface area (Å²) in [7, 11) is 0. The molecule has 0 bridgehead atoms. The molecule has 1 amide bonds. The van der Waals surface area contributed by atoms with E-state index in [1.807, 2.05) is 26.8 Å². The van der Waals surface area contributed by atoms with Crippen LogP contribution < -0.4 is 5.32 Å². The Labute approximate surface area is 135 Å². The number of halogens is 1. The van der Waals surface area contributed by atoms with Crippen molar-refractivity contribution >= 4 is 29.0 Å². The molecule has 0 aromatic carbocycles. The summed E-state index contributed by atoms with van der Waals surface area (Å²) in [5.41, 5.74) is -0.426. The molecule has 1 aromatic heterocycles. The Morgan fingerprint density at radius 1 is 1.43 bits per heavy atom. The first kappa shape index (κ1) is 16.6. The zero-order valence-electron chi connectivity index (χ0n) is 12.8. The fourth-order valence-corrected chi connectivity index (χ4v) is 3.32. The predicted molar refractivity (Wildman–Crippen MR) is 87.0 cm³/mol.